The Morgan fingerprint density at radius 2 is 2.46 bits per heavy atom. The molecule has 3 heteroatoms. The lowest BCUT2D eigenvalue weighted by molar-refractivity contribution is 0.177. The van der Waals surface area contributed by atoms with E-state index in [0.717, 1.165) is 17.6 Å². The van der Waals surface area contributed by atoms with Gasteiger partial charge < -0.3 is 5.11 Å². The molecule has 1 atom stereocenters. The molecule has 1 aromatic rings. The molecular weight excluding hydrogens is 164 g/mol. The van der Waals surface area contributed by atoms with Crippen LogP contribution in [0.15, 0.2) is 24.5 Å². The Morgan fingerprint density at radius 1 is 1.77 bits per heavy atom. The van der Waals surface area contributed by atoms with Gasteiger partial charge in [-0.05, 0) is 12.8 Å². The number of nitrogens with zero attached hydrogens (tertiary/aromatic N) is 2. The fourth-order valence-electron chi connectivity index (χ4n) is 1.15. The van der Waals surface area contributed by atoms with E-state index in [1.807, 2.05) is 20.2 Å². The minimum Gasteiger partial charge on any atom is -0.388 e. The van der Waals surface area contributed by atoms with Crippen molar-refractivity contribution in [2.75, 3.05) is 0 Å². The molecule has 1 rings (SSSR count). The molecule has 0 amide bonds. The van der Waals surface area contributed by atoms with Crippen LogP contribution in [0.25, 0.3) is 0 Å². The van der Waals surface area contributed by atoms with Crippen LogP contribution in [0.5, 0.6) is 0 Å². The van der Waals surface area contributed by atoms with Crippen LogP contribution < -0.4 is 0 Å². The van der Waals surface area contributed by atoms with E-state index in [0.29, 0.717) is 6.42 Å². The van der Waals surface area contributed by atoms with Crippen LogP contribution >= 0.6 is 0 Å². The molecule has 1 heterocycles. The zero-order valence-electron chi connectivity index (χ0n) is 8.20. The van der Waals surface area contributed by atoms with Gasteiger partial charge in [-0.3, -0.25) is 4.68 Å². The zero-order valence-corrected chi connectivity index (χ0v) is 8.20. The second-order valence-corrected chi connectivity index (χ2v) is 3.27. The largest absolute Gasteiger partial charge is 0.388 e. The van der Waals surface area contributed by atoms with Crippen molar-refractivity contribution in [3.8, 4) is 0 Å². The highest BCUT2D eigenvalue weighted by Crippen LogP contribution is 2.20. The standard InChI is InChI=1S/C10H16N2O/c1-4-8(2)5-10(13)9-6-11-12(3)7-9/h6-7,10,13H,2,4-5H2,1,3H3. The summed E-state index contributed by atoms with van der Waals surface area (Å²) in [7, 11) is 1.84. The van der Waals surface area contributed by atoms with Gasteiger partial charge in [0.15, 0.2) is 0 Å². The number of aromatic nitrogens is 2. The first-order valence-corrected chi connectivity index (χ1v) is 4.46. The molecule has 0 aliphatic heterocycles. The minimum absolute atomic E-state index is 0.457. The maximum absolute atomic E-state index is 9.72. The van der Waals surface area contributed by atoms with Crippen LogP contribution in [0.4, 0.5) is 0 Å². The van der Waals surface area contributed by atoms with Crippen LogP contribution in [-0.2, 0) is 7.05 Å². The predicted molar refractivity (Wildman–Crippen MR) is 52.2 cm³/mol. The van der Waals surface area contributed by atoms with Gasteiger partial charge in [0.1, 0.15) is 0 Å². The van der Waals surface area contributed by atoms with Crippen LogP contribution in [0.1, 0.15) is 31.4 Å². The number of rotatable bonds is 4. The molecule has 0 aromatic carbocycles. The number of aliphatic hydroxyl groups excluding tert-OH is 1. The van der Waals surface area contributed by atoms with Crippen LogP contribution in [0.2, 0.25) is 0 Å². The predicted octanol–water partition coefficient (Wildman–Crippen LogP) is 1.81. The summed E-state index contributed by atoms with van der Waals surface area (Å²) in [4.78, 5) is 0. The Hall–Kier alpha value is -1.09. The van der Waals surface area contributed by atoms with E-state index < -0.39 is 6.10 Å². The van der Waals surface area contributed by atoms with Gasteiger partial charge in [-0.2, -0.15) is 5.10 Å². The van der Waals surface area contributed by atoms with E-state index in [9.17, 15) is 5.11 Å². The van der Waals surface area contributed by atoms with Crippen molar-refractivity contribution in [3.05, 3.63) is 30.1 Å². The summed E-state index contributed by atoms with van der Waals surface area (Å²) in [6.45, 7) is 5.90. The molecule has 0 saturated carbocycles. The third kappa shape index (κ3) is 2.70. The van der Waals surface area contributed by atoms with Gasteiger partial charge in [-0.15, -0.1) is 0 Å². The molecule has 1 N–H and O–H groups in total. The summed E-state index contributed by atoms with van der Waals surface area (Å²) in [6, 6.07) is 0. The molecule has 0 radical (unpaired) electrons. The molecule has 1 aromatic heterocycles. The van der Waals surface area contributed by atoms with Gasteiger partial charge >= 0.3 is 0 Å². The minimum atomic E-state index is -0.457. The van der Waals surface area contributed by atoms with Gasteiger partial charge in [0, 0.05) is 18.8 Å². The Morgan fingerprint density at radius 3 is 2.92 bits per heavy atom. The summed E-state index contributed by atoms with van der Waals surface area (Å²) in [5.74, 6) is 0. The van der Waals surface area contributed by atoms with E-state index in [-0.39, 0.29) is 0 Å². The Balaban J connectivity index is 2.58. The van der Waals surface area contributed by atoms with Crippen molar-refractivity contribution in [2.24, 2.45) is 7.05 Å². The normalized spacial score (nSPS) is 12.8. The molecule has 13 heavy (non-hydrogen) atoms. The first-order chi connectivity index (χ1) is 6.13. The molecule has 0 aliphatic rings. The number of hydrogen-bond acceptors (Lipinski definition) is 2. The van der Waals surface area contributed by atoms with Crippen molar-refractivity contribution in [3.63, 3.8) is 0 Å². The highest BCUT2D eigenvalue weighted by molar-refractivity contribution is 5.11. The van der Waals surface area contributed by atoms with E-state index in [4.69, 9.17) is 0 Å². The third-order valence-electron chi connectivity index (χ3n) is 2.09. The number of hydrogen-bond donors (Lipinski definition) is 1. The molecule has 3 nitrogen and oxygen atoms in total. The monoisotopic (exact) mass is 180 g/mol. The highest BCUT2D eigenvalue weighted by Gasteiger charge is 2.09. The lowest BCUT2D eigenvalue weighted by Gasteiger charge is -2.08. The average Bonchev–Trinajstić information content (AvgIpc) is 2.51. The molecule has 72 valence electrons. The maximum atomic E-state index is 9.72. The van der Waals surface area contributed by atoms with Gasteiger partial charge in [-0.25, -0.2) is 0 Å². The lowest BCUT2D eigenvalue weighted by atomic mass is 10.0. The molecule has 0 saturated heterocycles. The van der Waals surface area contributed by atoms with Gasteiger partial charge in [-0.1, -0.05) is 19.1 Å². The smallest absolute Gasteiger partial charge is 0.0857 e. The van der Waals surface area contributed by atoms with Crippen molar-refractivity contribution in [1.82, 2.24) is 9.78 Å². The van der Waals surface area contributed by atoms with E-state index in [1.165, 1.54) is 0 Å². The quantitative estimate of drug-likeness (QED) is 0.717. The van der Waals surface area contributed by atoms with Crippen LogP contribution in [-0.4, -0.2) is 14.9 Å². The van der Waals surface area contributed by atoms with Crippen molar-refractivity contribution >= 4 is 0 Å². The maximum Gasteiger partial charge on any atom is 0.0857 e. The first-order valence-electron chi connectivity index (χ1n) is 4.46. The third-order valence-corrected chi connectivity index (χ3v) is 2.09. The Kier molecular flexibility index (Phi) is 3.25. The lowest BCUT2D eigenvalue weighted by Crippen LogP contribution is -1.97. The fraction of sp³-hybridized carbons (Fsp3) is 0.500. The SMILES string of the molecule is C=C(CC)CC(O)c1cnn(C)c1. The van der Waals surface area contributed by atoms with Gasteiger partial charge in [0.2, 0.25) is 0 Å². The zero-order chi connectivity index (χ0) is 9.84. The van der Waals surface area contributed by atoms with E-state index >= 15 is 0 Å². The first kappa shape index (κ1) is 9.99. The second kappa shape index (κ2) is 4.23. The van der Waals surface area contributed by atoms with Crippen molar-refractivity contribution in [2.45, 2.75) is 25.9 Å². The molecule has 1 unspecified atom stereocenters. The van der Waals surface area contributed by atoms with Gasteiger partial charge in [0.25, 0.3) is 0 Å². The molecule has 0 bridgehead atoms. The number of aryl methyl sites for hydroxylation is 1. The highest BCUT2D eigenvalue weighted by atomic mass is 16.3. The van der Waals surface area contributed by atoms with Crippen molar-refractivity contribution < 1.29 is 5.11 Å². The Bertz CT molecular complexity index is 291. The van der Waals surface area contributed by atoms with Crippen molar-refractivity contribution in [1.29, 1.82) is 0 Å². The van der Waals surface area contributed by atoms with Crippen LogP contribution in [0, 0.1) is 0 Å². The second-order valence-electron chi connectivity index (χ2n) is 3.27. The Labute approximate surface area is 78.7 Å². The van der Waals surface area contributed by atoms with Crippen LogP contribution in [0.3, 0.4) is 0 Å². The number of aliphatic hydroxyl groups is 1. The van der Waals surface area contributed by atoms with Gasteiger partial charge in [0.05, 0.1) is 12.3 Å². The summed E-state index contributed by atoms with van der Waals surface area (Å²) < 4.78 is 1.69. The summed E-state index contributed by atoms with van der Waals surface area (Å²) in [6.07, 6.45) is 4.60. The topological polar surface area (TPSA) is 38.1 Å². The molecule has 0 aliphatic carbocycles. The average molecular weight is 180 g/mol. The summed E-state index contributed by atoms with van der Waals surface area (Å²) in [5, 5.41) is 13.7. The fourth-order valence-corrected chi connectivity index (χ4v) is 1.15. The van der Waals surface area contributed by atoms with E-state index in [1.54, 1.807) is 10.9 Å². The summed E-state index contributed by atoms with van der Waals surface area (Å²) >= 11 is 0. The summed E-state index contributed by atoms with van der Waals surface area (Å²) in [5.41, 5.74) is 1.92. The molecular formula is C10H16N2O. The van der Waals surface area contributed by atoms with E-state index in [2.05, 4.69) is 11.7 Å². The molecule has 0 fully saturated rings. The molecule has 0 spiro atoms.